The van der Waals surface area contributed by atoms with E-state index in [0.717, 1.165) is 17.7 Å². The minimum absolute atomic E-state index is 0.00159. The van der Waals surface area contributed by atoms with Crippen molar-refractivity contribution in [2.24, 2.45) is 0 Å². The molecule has 0 saturated heterocycles. The van der Waals surface area contributed by atoms with Crippen molar-refractivity contribution in [1.29, 1.82) is 0 Å². The molecule has 5 heteroatoms. The molecule has 0 aliphatic carbocycles. The van der Waals surface area contributed by atoms with E-state index < -0.39 is 23.6 Å². The molecule has 3 nitrogen and oxygen atoms in total. The zero-order valence-electron chi connectivity index (χ0n) is 10.5. The van der Waals surface area contributed by atoms with E-state index in [1.165, 1.54) is 6.07 Å². The third-order valence-corrected chi connectivity index (χ3v) is 2.87. The molecule has 0 spiro atoms. The molecule has 1 amide bonds. The monoisotopic (exact) mass is 277 g/mol. The van der Waals surface area contributed by atoms with E-state index in [2.05, 4.69) is 5.32 Å². The lowest BCUT2D eigenvalue weighted by Crippen LogP contribution is -2.30. The minimum Gasteiger partial charge on any atom is -0.394 e. The number of carbonyl (C=O) groups is 1. The van der Waals surface area contributed by atoms with E-state index >= 15 is 0 Å². The van der Waals surface area contributed by atoms with Gasteiger partial charge in [0.1, 0.15) is 0 Å². The van der Waals surface area contributed by atoms with Crippen LogP contribution >= 0.6 is 0 Å². The van der Waals surface area contributed by atoms with Crippen LogP contribution in [0.3, 0.4) is 0 Å². The van der Waals surface area contributed by atoms with E-state index in [-0.39, 0.29) is 12.2 Å². The van der Waals surface area contributed by atoms with E-state index in [9.17, 15) is 18.7 Å². The van der Waals surface area contributed by atoms with Gasteiger partial charge in [-0.2, -0.15) is 0 Å². The Morgan fingerprint density at radius 1 is 1.10 bits per heavy atom. The van der Waals surface area contributed by atoms with Crippen LogP contribution in [0.5, 0.6) is 0 Å². The largest absolute Gasteiger partial charge is 0.394 e. The number of aliphatic hydroxyl groups excluding tert-OH is 1. The topological polar surface area (TPSA) is 49.3 Å². The molecule has 0 heterocycles. The van der Waals surface area contributed by atoms with Crippen molar-refractivity contribution >= 4 is 5.91 Å². The molecule has 0 aliphatic heterocycles. The second-order valence-electron chi connectivity index (χ2n) is 4.25. The van der Waals surface area contributed by atoms with E-state index in [0.29, 0.717) is 0 Å². The van der Waals surface area contributed by atoms with Crippen LogP contribution in [-0.4, -0.2) is 17.6 Å². The average molecular weight is 277 g/mol. The van der Waals surface area contributed by atoms with Gasteiger partial charge >= 0.3 is 0 Å². The van der Waals surface area contributed by atoms with Gasteiger partial charge in [0.05, 0.1) is 12.6 Å². The van der Waals surface area contributed by atoms with Gasteiger partial charge in [0.15, 0.2) is 11.6 Å². The maximum atomic E-state index is 13.1. The van der Waals surface area contributed by atoms with E-state index in [1.54, 1.807) is 24.3 Å². The highest BCUT2D eigenvalue weighted by molar-refractivity contribution is 5.94. The van der Waals surface area contributed by atoms with Crippen LogP contribution in [0, 0.1) is 11.6 Å². The van der Waals surface area contributed by atoms with Crippen molar-refractivity contribution < 1.29 is 18.7 Å². The summed E-state index contributed by atoms with van der Waals surface area (Å²) >= 11 is 0. The van der Waals surface area contributed by atoms with Gasteiger partial charge in [0, 0.05) is 5.56 Å². The number of halogens is 2. The molecule has 2 aromatic rings. The molecule has 0 radical (unpaired) electrons. The zero-order chi connectivity index (χ0) is 14.5. The lowest BCUT2D eigenvalue weighted by molar-refractivity contribution is 0.0915. The van der Waals surface area contributed by atoms with Crippen LogP contribution < -0.4 is 5.32 Å². The Labute approximate surface area is 114 Å². The first kappa shape index (κ1) is 14.1. The third-order valence-electron chi connectivity index (χ3n) is 2.87. The Hall–Kier alpha value is -2.27. The summed E-state index contributed by atoms with van der Waals surface area (Å²) in [6.45, 7) is -0.292. The molecular formula is C15H13F2NO2. The summed E-state index contributed by atoms with van der Waals surface area (Å²) in [5, 5.41) is 11.9. The van der Waals surface area contributed by atoms with Crippen molar-refractivity contribution in [3.63, 3.8) is 0 Å². The zero-order valence-corrected chi connectivity index (χ0v) is 10.5. The van der Waals surface area contributed by atoms with Crippen LogP contribution in [0.1, 0.15) is 22.0 Å². The van der Waals surface area contributed by atoms with Gasteiger partial charge in [-0.25, -0.2) is 8.78 Å². The van der Waals surface area contributed by atoms with Crippen LogP contribution in [0.15, 0.2) is 48.5 Å². The molecule has 0 saturated carbocycles. The van der Waals surface area contributed by atoms with Crippen LogP contribution in [0.4, 0.5) is 8.78 Å². The van der Waals surface area contributed by atoms with Crippen molar-refractivity contribution in [1.82, 2.24) is 5.32 Å². The van der Waals surface area contributed by atoms with Crippen molar-refractivity contribution in [2.75, 3.05) is 6.61 Å². The summed E-state index contributed by atoms with van der Waals surface area (Å²) < 4.78 is 25.9. The summed E-state index contributed by atoms with van der Waals surface area (Å²) in [6, 6.07) is 11.2. The predicted molar refractivity (Wildman–Crippen MR) is 70.1 cm³/mol. The number of aliphatic hydroxyl groups is 1. The third kappa shape index (κ3) is 3.19. The summed E-state index contributed by atoms with van der Waals surface area (Å²) in [5.74, 6) is -2.67. The lowest BCUT2D eigenvalue weighted by atomic mass is 10.1. The molecule has 1 atom stereocenters. The first-order valence-corrected chi connectivity index (χ1v) is 6.03. The van der Waals surface area contributed by atoms with Gasteiger partial charge in [-0.3, -0.25) is 4.79 Å². The quantitative estimate of drug-likeness (QED) is 0.901. The van der Waals surface area contributed by atoms with Crippen molar-refractivity contribution in [2.45, 2.75) is 6.04 Å². The molecule has 0 aliphatic rings. The van der Waals surface area contributed by atoms with E-state index in [1.807, 2.05) is 6.07 Å². The minimum atomic E-state index is -1.09. The molecule has 0 fully saturated rings. The fourth-order valence-corrected chi connectivity index (χ4v) is 1.80. The molecule has 2 aromatic carbocycles. The fourth-order valence-electron chi connectivity index (χ4n) is 1.80. The summed E-state index contributed by atoms with van der Waals surface area (Å²) in [5.41, 5.74) is 0.726. The highest BCUT2D eigenvalue weighted by atomic mass is 19.2. The van der Waals surface area contributed by atoms with Gasteiger partial charge in [0.2, 0.25) is 0 Å². The van der Waals surface area contributed by atoms with Crippen molar-refractivity contribution in [3.05, 3.63) is 71.3 Å². The van der Waals surface area contributed by atoms with E-state index in [4.69, 9.17) is 0 Å². The Bertz CT molecular complexity index is 602. The predicted octanol–water partition coefficient (Wildman–Crippen LogP) is 2.43. The molecule has 104 valence electrons. The van der Waals surface area contributed by atoms with Crippen molar-refractivity contribution in [3.8, 4) is 0 Å². The molecule has 20 heavy (non-hydrogen) atoms. The molecule has 0 aromatic heterocycles. The average Bonchev–Trinajstić information content (AvgIpc) is 2.48. The normalized spacial score (nSPS) is 11.9. The number of hydrogen-bond acceptors (Lipinski definition) is 2. The van der Waals surface area contributed by atoms with Crippen LogP contribution in [0.2, 0.25) is 0 Å². The molecule has 0 bridgehead atoms. The SMILES string of the molecule is O=C(N[C@H](CO)c1ccccc1)c1ccc(F)c(F)c1. The summed E-state index contributed by atoms with van der Waals surface area (Å²) in [4.78, 5) is 11.9. The number of amides is 1. The number of rotatable bonds is 4. The number of benzene rings is 2. The summed E-state index contributed by atoms with van der Waals surface area (Å²) in [6.07, 6.45) is 0. The highest BCUT2D eigenvalue weighted by Crippen LogP contribution is 2.14. The smallest absolute Gasteiger partial charge is 0.251 e. The second-order valence-corrected chi connectivity index (χ2v) is 4.25. The maximum Gasteiger partial charge on any atom is 0.251 e. The number of nitrogens with one attached hydrogen (secondary N) is 1. The molecule has 0 unspecified atom stereocenters. The summed E-state index contributed by atoms with van der Waals surface area (Å²) in [7, 11) is 0. The molecule has 2 N–H and O–H groups in total. The van der Waals surface area contributed by atoms with Gasteiger partial charge in [-0.05, 0) is 23.8 Å². The van der Waals surface area contributed by atoms with Gasteiger partial charge in [-0.15, -0.1) is 0 Å². The number of carbonyl (C=O) groups excluding carboxylic acids is 1. The second kappa shape index (κ2) is 6.25. The Morgan fingerprint density at radius 3 is 2.40 bits per heavy atom. The standard InChI is InChI=1S/C15H13F2NO2/c16-12-7-6-11(8-13(12)17)15(20)18-14(9-19)10-4-2-1-3-5-10/h1-8,14,19H,9H2,(H,18,20)/t14-/m1/s1. The van der Waals surface area contributed by atoms with Crippen LogP contribution in [-0.2, 0) is 0 Å². The first-order chi connectivity index (χ1) is 9.61. The maximum absolute atomic E-state index is 13.1. The first-order valence-electron chi connectivity index (χ1n) is 6.03. The van der Waals surface area contributed by atoms with Gasteiger partial charge < -0.3 is 10.4 Å². The van der Waals surface area contributed by atoms with Gasteiger partial charge in [-0.1, -0.05) is 30.3 Å². The highest BCUT2D eigenvalue weighted by Gasteiger charge is 2.16. The number of hydrogen-bond donors (Lipinski definition) is 2. The Kier molecular flexibility index (Phi) is 4.42. The lowest BCUT2D eigenvalue weighted by Gasteiger charge is -2.16. The fraction of sp³-hybridized carbons (Fsp3) is 0.133. The molecular weight excluding hydrogens is 264 g/mol. The molecule has 2 rings (SSSR count). The Morgan fingerprint density at radius 2 is 1.80 bits per heavy atom. The Balaban J connectivity index is 2.15. The van der Waals surface area contributed by atoms with Crippen LogP contribution in [0.25, 0.3) is 0 Å². The van der Waals surface area contributed by atoms with Gasteiger partial charge in [0.25, 0.3) is 5.91 Å².